The molecule has 0 saturated carbocycles. The van der Waals surface area contributed by atoms with Crippen LogP contribution in [-0.2, 0) is 4.79 Å². The normalized spacial score (nSPS) is 15.2. The molecule has 2 amide bonds. The molecule has 1 aromatic carbocycles. The summed E-state index contributed by atoms with van der Waals surface area (Å²) in [6, 6.07) is 8.98. The van der Waals surface area contributed by atoms with Crippen molar-refractivity contribution in [1.82, 2.24) is 10.4 Å². The maximum atomic E-state index is 12.8. The first-order valence-electron chi connectivity index (χ1n) is 9.41. The van der Waals surface area contributed by atoms with Gasteiger partial charge in [-0.3, -0.25) is 15.0 Å². The van der Waals surface area contributed by atoms with Crippen molar-refractivity contribution < 1.29 is 19.1 Å². The molecule has 1 aromatic heterocycles. The maximum absolute atomic E-state index is 12.8. The topological polar surface area (TPSA) is 67.9 Å². The smallest absolute Gasteiger partial charge is 0.285 e. The Hall–Kier alpha value is -2.36. The van der Waals surface area contributed by atoms with Crippen molar-refractivity contribution in [2.45, 2.75) is 20.8 Å². The van der Waals surface area contributed by atoms with Crippen LogP contribution in [0.1, 0.15) is 36.0 Å². The Morgan fingerprint density at radius 3 is 2.73 bits per heavy atom. The lowest BCUT2D eigenvalue weighted by atomic mass is 10.1. The van der Waals surface area contributed by atoms with E-state index >= 15 is 0 Å². The predicted octanol–water partition coefficient (Wildman–Crippen LogP) is 4.73. The van der Waals surface area contributed by atoms with E-state index in [9.17, 15) is 9.59 Å². The van der Waals surface area contributed by atoms with Crippen LogP contribution >= 0.6 is 35.3 Å². The van der Waals surface area contributed by atoms with E-state index in [0.717, 1.165) is 22.3 Å². The lowest BCUT2D eigenvalue weighted by Gasteiger charge is -2.15. The SMILES string of the molecule is CCOc1cc(/C=C2\SC(=S)N(NC(=O)c3cccs3)C2=O)ccc1OCC(C)C. The van der Waals surface area contributed by atoms with E-state index in [4.69, 9.17) is 21.7 Å². The standard InChI is InChI=1S/C21H22N2O4S3/c1-4-26-16-10-14(7-8-15(16)27-12-13(2)3)11-18-20(25)23(21(28)30-18)22-19(24)17-6-5-9-29-17/h5-11,13H,4,12H2,1-3H3,(H,22,24)/b18-11-. The molecule has 0 bridgehead atoms. The van der Waals surface area contributed by atoms with Crippen LogP contribution < -0.4 is 14.9 Å². The van der Waals surface area contributed by atoms with Crippen molar-refractivity contribution >= 4 is 57.5 Å². The molecule has 1 saturated heterocycles. The number of carbonyl (C=O) groups is 2. The van der Waals surface area contributed by atoms with E-state index in [2.05, 4.69) is 19.3 Å². The van der Waals surface area contributed by atoms with Gasteiger partial charge in [0.25, 0.3) is 11.8 Å². The number of nitrogens with zero attached hydrogens (tertiary/aromatic N) is 1. The van der Waals surface area contributed by atoms with E-state index in [-0.39, 0.29) is 16.1 Å². The highest BCUT2D eigenvalue weighted by Gasteiger charge is 2.34. The largest absolute Gasteiger partial charge is 0.490 e. The third-order valence-electron chi connectivity index (χ3n) is 3.89. The van der Waals surface area contributed by atoms with Crippen LogP contribution in [0, 0.1) is 5.92 Å². The first-order chi connectivity index (χ1) is 14.4. The molecule has 30 heavy (non-hydrogen) atoms. The Morgan fingerprint density at radius 1 is 1.27 bits per heavy atom. The van der Waals surface area contributed by atoms with Gasteiger partial charge in [0, 0.05) is 0 Å². The van der Waals surface area contributed by atoms with Crippen LogP contribution in [0.2, 0.25) is 0 Å². The summed E-state index contributed by atoms with van der Waals surface area (Å²) >= 11 is 7.71. The molecule has 0 radical (unpaired) electrons. The summed E-state index contributed by atoms with van der Waals surface area (Å²) in [5.74, 6) is 0.942. The van der Waals surface area contributed by atoms with Gasteiger partial charge in [0.05, 0.1) is 23.0 Å². The Kier molecular flexibility index (Phi) is 7.52. The molecule has 158 valence electrons. The number of benzene rings is 1. The first-order valence-corrected chi connectivity index (χ1v) is 11.5. The highest BCUT2D eigenvalue weighted by molar-refractivity contribution is 8.26. The van der Waals surface area contributed by atoms with Crippen LogP contribution in [0.15, 0.2) is 40.6 Å². The van der Waals surface area contributed by atoms with E-state index in [0.29, 0.717) is 40.4 Å². The van der Waals surface area contributed by atoms with Gasteiger partial charge in [-0.2, -0.15) is 5.01 Å². The number of thioether (sulfide) groups is 1. The summed E-state index contributed by atoms with van der Waals surface area (Å²) in [4.78, 5) is 26.0. The summed E-state index contributed by atoms with van der Waals surface area (Å²) in [5.41, 5.74) is 3.35. The second-order valence-electron chi connectivity index (χ2n) is 6.78. The Balaban J connectivity index is 1.77. The molecule has 6 nitrogen and oxygen atoms in total. The van der Waals surface area contributed by atoms with Gasteiger partial charge < -0.3 is 9.47 Å². The second kappa shape index (κ2) is 10.1. The summed E-state index contributed by atoms with van der Waals surface area (Å²) in [7, 11) is 0. The minimum absolute atomic E-state index is 0.276. The van der Waals surface area contributed by atoms with Crippen molar-refractivity contribution in [3.8, 4) is 11.5 Å². The first kappa shape index (κ1) is 22.3. The van der Waals surface area contributed by atoms with Crippen LogP contribution in [-0.4, -0.2) is 34.4 Å². The fourth-order valence-corrected chi connectivity index (χ4v) is 4.33. The fourth-order valence-electron chi connectivity index (χ4n) is 2.54. The van der Waals surface area contributed by atoms with E-state index in [1.54, 1.807) is 23.6 Å². The summed E-state index contributed by atoms with van der Waals surface area (Å²) in [6.07, 6.45) is 1.73. The molecule has 1 N–H and O–H groups in total. The van der Waals surface area contributed by atoms with Crippen molar-refractivity contribution in [3.63, 3.8) is 0 Å². The molecule has 1 fully saturated rings. The predicted molar refractivity (Wildman–Crippen MR) is 125 cm³/mol. The van der Waals surface area contributed by atoms with E-state index < -0.39 is 0 Å². The molecular weight excluding hydrogens is 440 g/mol. The molecule has 2 heterocycles. The number of hydrogen-bond acceptors (Lipinski definition) is 7. The monoisotopic (exact) mass is 462 g/mol. The van der Waals surface area contributed by atoms with Crippen molar-refractivity contribution in [2.24, 2.45) is 5.92 Å². The summed E-state index contributed by atoms with van der Waals surface area (Å²) < 4.78 is 11.8. The van der Waals surface area contributed by atoms with Crippen molar-refractivity contribution in [3.05, 3.63) is 51.1 Å². The van der Waals surface area contributed by atoms with Crippen LogP contribution in [0.3, 0.4) is 0 Å². The fraction of sp³-hybridized carbons (Fsp3) is 0.286. The van der Waals surface area contributed by atoms with E-state index in [1.807, 2.05) is 25.1 Å². The van der Waals surface area contributed by atoms with Crippen LogP contribution in [0.5, 0.6) is 11.5 Å². The maximum Gasteiger partial charge on any atom is 0.285 e. The Morgan fingerprint density at radius 2 is 2.07 bits per heavy atom. The van der Waals surface area contributed by atoms with Crippen molar-refractivity contribution in [2.75, 3.05) is 13.2 Å². The molecule has 0 atom stereocenters. The van der Waals surface area contributed by atoms with Gasteiger partial charge in [0.2, 0.25) is 0 Å². The quantitative estimate of drug-likeness (QED) is 0.452. The number of thiocarbonyl (C=S) groups is 1. The zero-order chi connectivity index (χ0) is 21.7. The van der Waals surface area contributed by atoms with Gasteiger partial charge in [0.1, 0.15) is 0 Å². The van der Waals surface area contributed by atoms with Gasteiger partial charge in [-0.05, 0) is 60.3 Å². The molecule has 0 aliphatic carbocycles. The molecule has 0 unspecified atom stereocenters. The number of hydrogen-bond donors (Lipinski definition) is 1. The van der Waals surface area contributed by atoms with Gasteiger partial charge in [0.15, 0.2) is 15.8 Å². The Bertz CT molecular complexity index is 971. The van der Waals surface area contributed by atoms with Gasteiger partial charge >= 0.3 is 0 Å². The number of amides is 2. The number of carbonyl (C=O) groups excluding carboxylic acids is 2. The number of rotatable bonds is 8. The Labute approximate surface area is 189 Å². The molecular formula is C21H22N2O4S3. The average molecular weight is 463 g/mol. The highest BCUT2D eigenvalue weighted by Crippen LogP contribution is 2.34. The number of nitrogens with one attached hydrogen (secondary N) is 1. The second-order valence-corrected chi connectivity index (χ2v) is 9.40. The summed E-state index contributed by atoms with van der Waals surface area (Å²) in [5, 5.41) is 2.90. The highest BCUT2D eigenvalue weighted by atomic mass is 32.2. The minimum Gasteiger partial charge on any atom is -0.490 e. The number of ether oxygens (including phenoxy) is 2. The lowest BCUT2D eigenvalue weighted by Crippen LogP contribution is -2.44. The third kappa shape index (κ3) is 5.41. The average Bonchev–Trinajstić information content (AvgIpc) is 3.32. The zero-order valence-corrected chi connectivity index (χ0v) is 19.3. The molecule has 1 aliphatic heterocycles. The van der Waals surface area contributed by atoms with Gasteiger partial charge in [-0.15, -0.1) is 11.3 Å². The van der Waals surface area contributed by atoms with Crippen LogP contribution in [0.4, 0.5) is 0 Å². The van der Waals surface area contributed by atoms with Gasteiger partial charge in [-0.25, -0.2) is 0 Å². The number of hydrazine groups is 1. The van der Waals surface area contributed by atoms with E-state index in [1.165, 1.54) is 11.3 Å². The molecule has 3 rings (SSSR count). The van der Waals surface area contributed by atoms with Crippen molar-refractivity contribution in [1.29, 1.82) is 0 Å². The summed E-state index contributed by atoms with van der Waals surface area (Å²) in [6.45, 7) is 7.14. The minimum atomic E-state index is -0.368. The molecule has 9 heteroatoms. The third-order valence-corrected chi connectivity index (χ3v) is 6.06. The zero-order valence-electron chi connectivity index (χ0n) is 16.8. The molecule has 0 spiro atoms. The molecule has 1 aliphatic rings. The number of thiophene rings is 1. The molecule has 2 aromatic rings. The van der Waals surface area contributed by atoms with Gasteiger partial charge in [-0.1, -0.05) is 37.7 Å². The lowest BCUT2D eigenvalue weighted by molar-refractivity contribution is -0.123. The van der Waals surface area contributed by atoms with Crippen LogP contribution in [0.25, 0.3) is 6.08 Å².